The number of amides is 1. The summed E-state index contributed by atoms with van der Waals surface area (Å²) < 4.78 is 3.14. The van der Waals surface area contributed by atoms with E-state index in [1.54, 1.807) is 30.2 Å². The van der Waals surface area contributed by atoms with Gasteiger partial charge >= 0.3 is 5.69 Å². The molecule has 8 nitrogen and oxygen atoms in total. The van der Waals surface area contributed by atoms with Crippen LogP contribution in [0.15, 0.2) is 23.4 Å². The molecule has 0 unspecified atom stereocenters. The normalized spacial score (nSPS) is 15.4. The monoisotopic (exact) mass is 358 g/mol. The molecular weight excluding hydrogens is 332 g/mol. The molecule has 0 N–H and O–H groups in total. The zero-order valence-corrected chi connectivity index (χ0v) is 15.5. The van der Waals surface area contributed by atoms with Gasteiger partial charge in [0.2, 0.25) is 5.91 Å². The fourth-order valence-corrected chi connectivity index (χ4v) is 3.52. The van der Waals surface area contributed by atoms with Gasteiger partial charge in [0, 0.05) is 58.1 Å². The Hall–Kier alpha value is -2.51. The van der Waals surface area contributed by atoms with Gasteiger partial charge in [0.25, 0.3) is 0 Å². The number of likely N-dealkylation sites (tertiary alicyclic amines) is 1. The molecule has 0 bridgehead atoms. The van der Waals surface area contributed by atoms with E-state index in [-0.39, 0.29) is 11.6 Å². The van der Waals surface area contributed by atoms with Gasteiger partial charge in [-0.3, -0.25) is 19.3 Å². The Morgan fingerprint density at radius 3 is 2.69 bits per heavy atom. The molecule has 0 aliphatic carbocycles. The first-order valence-corrected chi connectivity index (χ1v) is 9.23. The van der Waals surface area contributed by atoms with Gasteiger partial charge in [-0.05, 0) is 32.1 Å². The third-order valence-corrected chi connectivity index (χ3v) is 5.05. The highest BCUT2D eigenvalue weighted by Crippen LogP contribution is 2.21. The molecule has 2 aromatic heterocycles. The molecule has 1 aliphatic rings. The van der Waals surface area contributed by atoms with Crippen LogP contribution in [0.3, 0.4) is 0 Å². The molecule has 3 heterocycles. The molecule has 0 atom stereocenters. The summed E-state index contributed by atoms with van der Waals surface area (Å²) in [6.07, 6.45) is 8.79. The third-order valence-electron chi connectivity index (χ3n) is 5.05. The minimum absolute atomic E-state index is 0.0564. The summed E-state index contributed by atoms with van der Waals surface area (Å²) in [5.41, 5.74) is 0.794. The molecular formula is C18H26N6O2. The SMILES string of the molecule is CCn1c(CC2CCN(C(=O)CCc3cnccn3)CC2)nn(C)c1=O. The van der Waals surface area contributed by atoms with Crippen LogP contribution in [-0.2, 0) is 31.2 Å². The molecule has 26 heavy (non-hydrogen) atoms. The van der Waals surface area contributed by atoms with Crippen LogP contribution in [-0.4, -0.2) is 48.2 Å². The maximum absolute atomic E-state index is 12.4. The molecule has 0 radical (unpaired) electrons. The Bertz CT molecular complexity index is 790. The van der Waals surface area contributed by atoms with E-state index < -0.39 is 0 Å². The maximum atomic E-state index is 12.4. The van der Waals surface area contributed by atoms with Gasteiger partial charge in [-0.25, -0.2) is 9.48 Å². The Balaban J connectivity index is 1.49. The zero-order chi connectivity index (χ0) is 18.5. The second-order valence-corrected chi connectivity index (χ2v) is 6.79. The van der Waals surface area contributed by atoms with Crippen molar-refractivity contribution < 1.29 is 4.79 Å². The van der Waals surface area contributed by atoms with Gasteiger partial charge < -0.3 is 4.90 Å². The van der Waals surface area contributed by atoms with Gasteiger partial charge in [0.05, 0.1) is 5.69 Å². The van der Waals surface area contributed by atoms with E-state index in [0.29, 0.717) is 25.3 Å². The number of aromatic nitrogens is 5. The summed E-state index contributed by atoms with van der Waals surface area (Å²) in [6, 6.07) is 0. The summed E-state index contributed by atoms with van der Waals surface area (Å²) in [5, 5.41) is 4.37. The lowest BCUT2D eigenvalue weighted by molar-refractivity contribution is -0.132. The smallest absolute Gasteiger partial charge is 0.343 e. The van der Waals surface area contributed by atoms with E-state index in [1.807, 2.05) is 11.8 Å². The number of piperidine rings is 1. The Labute approximate surface area is 152 Å². The third kappa shape index (κ3) is 4.17. The molecule has 0 aromatic carbocycles. The van der Waals surface area contributed by atoms with Crippen LogP contribution in [0.25, 0.3) is 0 Å². The van der Waals surface area contributed by atoms with Gasteiger partial charge in [0.1, 0.15) is 5.82 Å². The highest BCUT2D eigenvalue weighted by Gasteiger charge is 2.24. The summed E-state index contributed by atoms with van der Waals surface area (Å²) in [6.45, 7) is 4.15. The molecule has 1 amide bonds. The van der Waals surface area contributed by atoms with Crippen molar-refractivity contribution in [1.82, 2.24) is 29.2 Å². The molecule has 140 valence electrons. The quantitative estimate of drug-likeness (QED) is 0.763. The predicted molar refractivity (Wildman–Crippen MR) is 96.5 cm³/mol. The molecule has 1 fully saturated rings. The number of carbonyl (C=O) groups excluding carboxylic acids is 1. The van der Waals surface area contributed by atoms with Crippen molar-refractivity contribution >= 4 is 5.91 Å². The number of nitrogens with zero attached hydrogens (tertiary/aromatic N) is 6. The highest BCUT2D eigenvalue weighted by molar-refractivity contribution is 5.76. The molecule has 1 saturated heterocycles. The average Bonchev–Trinajstić information content (AvgIpc) is 2.94. The summed E-state index contributed by atoms with van der Waals surface area (Å²) in [4.78, 5) is 34.6. The standard InChI is InChI=1S/C18H26N6O2/c1-3-24-16(21-22(2)18(24)26)12-14-6-10-23(11-7-14)17(25)5-4-15-13-19-8-9-20-15/h8-9,13-14H,3-7,10-12H2,1-2H3. The first-order chi connectivity index (χ1) is 12.6. The topological polar surface area (TPSA) is 85.9 Å². The molecule has 8 heteroatoms. The lowest BCUT2D eigenvalue weighted by Crippen LogP contribution is -2.39. The Kier molecular flexibility index (Phi) is 5.80. The predicted octanol–water partition coefficient (Wildman–Crippen LogP) is 0.806. The zero-order valence-electron chi connectivity index (χ0n) is 15.5. The lowest BCUT2D eigenvalue weighted by atomic mass is 9.93. The van der Waals surface area contributed by atoms with Crippen molar-refractivity contribution in [2.45, 2.75) is 45.6 Å². The van der Waals surface area contributed by atoms with Gasteiger partial charge in [-0.1, -0.05) is 0 Å². The minimum Gasteiger partial charge on any atom is -0.343 e. The number of aryl methyl sites for hydroxylation is 2. The van der Waals surface area contributed by atoms with Crippen molar-refractivity contribution in [1.29, 1.82) is 0 Å². The number of rotatable bonds is 6. The first kappa shape index (κ1) is 18.3. The number of hydrogen-bond acceptors (Lipinski definition) is 5. The van der Waals surface area contributed by atoms with E-state index in [9.17, 15) is 9.59 Å². The lowest BCUT2D eigenvalue weighted by Gasteiger charge is -2.32. The van der Waals surface area contributed by atoms with Crippen molar-refractivity contribution in [3.8, 4) is 0 Å². The minimum atomic E-state index is -0.0564. The van der Waals surface area contributed by atoms with E-state index in [4.69, 9.17) is 0 Å². The fraction of sp³-hybridized carbons (Fsp3) is 0.611. The summed E-state index contributed by atoms with van der Waals surface area (Å²) >= 11 is 0. The van der Waals surface area contributed by atoms with Crippen LogP contribution in [0.4, 0.5) is 0 Å². The Morgan fingerprint density at radius 1 is 1.27 bits per heavy atom. The number of hydrogen-bond donors (Lipinski definition) is 0. The first-order valence-electron chi connectivity index (χ1n) is 9.23. The van der Waals surface area contributed by atoms with E-state index in [0.717, 1.165) is 43.9 Å². The van der Waals surface area contributed by atoms with Crippen molar-refractivity contribution in [2.24, 2.45) is 13.0 Å². The molecule has 3 rings (SSSR count). The van der Waals surface area contributed by atoms with Crippen molar-refractivity contribution in [3.05, 3.63) is 40.6 Å². The molecule has 1 aliphatic heterocycles. The van der Waals surface area contributed by atoms with Crippen LogP contribution in [0.5, 0.6) is 0 Å². The number of carbonyl (C=O) groups is 1. The van der Waals surface area contributed by atoms with Crippen LogP contribution in [0, 0.1) is 5.92 Å². The van der Waals surface area contributed by atoms with Crippen LogP contribution in [0.1, 0.15) is 37.7 Å². The van der Waals surface area contributed by atoms with Gasteiger partial charge in [0.15, 0.2) is 0 Å². The van der Waals surface area contributed by atoms with Crippen LogP contribution >= 0.6 is 0 Å². The maximum Gasteiger partial charge on any atom is 0.345 e. The Morgan fingerprint density at radius 2 is 2.04 bits per heavy atom. The molecule has 2 aromatic rings. The average molecular weight is 358 g/mol. The second kappa shape index (κ2) is 8.25. The second-order valence-electron chi connectivity index (χ2n) is 6.79. The molecule has 0 saturated carbocycles. The van der Waals surface area contributed by atoms with Crippen molar-refractivity contribution in [2.75, 3.05) is 13.1 Å². The summed E-state index contributed by atoms with van der Waals surface area (Å²) in [5.74, 6) is 1.50. The highest BCUT2D eigenvalue weighted by atomic mass is 16.2. The van der Waals surface area contributed by atoms with Crippen molar-refractivity contribution in [3.63, 3.8) is 0 Å². The van der Waals surface area contributed by atoms with Crippen LogP contribution in [0.2, 0.25) is 0 Å². The molecule has 0 spiro atoms. The van der Waals surface area contributed by atoms with Crippen LogP contribution < -0.4 is 5.69 Å². The van der Waals surface area contributed by atoms with Gasteiger partial charge in [-0.2, -0.15) is 5.10 Å². The van der Waals surface area contributed by atoms with E-state index in [1.165, 1.54) is 4.68 Å². The van der Waals surface area contributed by atoms with E-state index >= 15 is 0 Å². The fourth-order valence-electron chi connectivity index (χ4n) is 3.52. The van der Waals surface area contributed by atoms with E-state index in [2.05, 4.69) is 15.1 Å². The summed E-state index contributed by atoms with van der Waals surface area (Å²) in [7, 11) is 1.69. The van der Waals surface area contributed by atoms with Gasteiger partial charge in [-0.15, -0.1) is 0 Å². The largest absolute Gasteiger partial charge is 0.345 e.